The van der Waals surface area contributed by atoms with Crippen molar-refractivity contribution in [2.75, 3.05) is 20.3 Å². The summed E-state index contributed by atoms with van der Waals surface area (Å²) in [7, 11) is 1.54. The second-order valence-electron chi connectivity index (χ2n) is 9.87. The summed E-state index contributed by atoms with van der Waals surface area (Å²) in [6.07, 6.45) is 0.470. The Morgan fingerprint density at radius 2 is 1.67 bits per heavy atom. The highest BCUT2D eigenvalue weighted by Crippen LogP contribution is 2.27. The number of amides is 1. The van der Waals surface area contributed by atoms with E-state index in [-0.39, 0.29) is 49.1 Å². The molecule has 0 saturated heterocycles. The van der Waals surface area contributed by atoms with E-state index >= 15 is 0 Å². The van der Waals surface area contributed by atoms with Crippen LogP contribution in [0, 0.1) is 0 Å². The molecule has 1 aliphatic heterocycles. The van der Waals surface area contributed by atoms with Crippen LogP contribution < -0.4 is 15.2 Å². The largest absolute Gasteiger partial charge is 0.497 e. The lowest BCUT2D eigenvalue weighted by Gasteiger charge is -2.28. The average Bonchev–Trinajstić information content (AvgIpc) is 3.31. The summed E-state index contributed by atoms with van der Waals surface area (Å²) >= 11 is 9.57. The van der Waals surface area contributed by atoms with Gasteiger partial charge in [0.15, 0.2) is 12.4 Å². The minimum Gasteiger partial charge on any atom is -0.497 e. The van der Waals surface area contributed by atoms with Crippen molar-refractivity contribution in [1.82, 2.24) is 14.0 Å². The maximum Gasteiger partial charge on any atom is 0.341 e. The number of carboxylic acid groups (broad SMARTS) is 1. The quantitative estimate of drug-likeness (QED) is 0.236. The van der Waals surface area contributed by atoms with Gasteiger partial charge in [-0.05, 0) is 82.5 Å². The fourth-order valence-electron chi connectivity index (χ4n) is 4.98. The topological polar surface area (TPSA) is 120 Å². The Morgan fingerprint density at radius 3 is 2.33 bits per heavy atom. The monoisotopic (exact) mass is 667 g/mol. The fourth-order valence-corrected chi connectivity index (χ4v) is 5.40. The minimum absolute atomic E-state index is 0.0710. The number of halogens is 2. The molecule has 10 nitrogen and oxygen atoms in total. The number of Topliss-reactive ketones (excluding diaryl/α,β-unsaturated/α-hetero) is 1. The third-order valence-corrected chi connectivity index (χ3v) is 8.39. The molecule has 0 radical (unpaired) electrons. The number of methoxy groups -OCH3 is 1. The molecule has 4 aromatic rings. The van der Waals surface area contributed by atoms with Gasteiger partial charge in [-0.15, -0.1) is 0 Å². The number of nitrogens with zero attached hydrogens (tertiary/aromatic N) is 3. The Kier molecular flexibility index (Phi) is 9.02. The van der Waals surface area contributed by atoms with E-state index in [9.17, 15) is 19.2 Å². The lowest BCUT2D eigenvalue weighted by molar-refractivity contribution is -0.139. The van der Waals surface area contributed by atoms with E-state index in [0.29, 0.717) is 44.4 Å². The first-order valence-corrected chi connectivity index (χ1v) is 14.5. The number of imidazole rings is 1. The summed E-state index contributed by atoms with van der Waals surface area (Å²) in [6, 6.07) is 18.6. The highest BCUT2D eigenvalue weighted by molar-refractivity contribution is 9.10. The Bertz CT molecular complexity index is 1750. The normalized spacial score (nSPS) is 12.5. The SMILES string of the molecule is COc1ccc(-n2c(C(=O)CCc3ccc(OCC(=O)O)cc3)c3n(c2=O)CCN(C(=O)c2ccc(Br)c(Cl)c2)C3)cc1. The van der Waals surface area contributed by atoms with Gasteiger partial charge in [0.25, 0.3) is 5.91 Å². The van der Waals surface area contributed by atoms with Gasteiger partial charge in [0.05, 0.1) is 30.1 Å². The molecule has 0 unspecified atom stereocenters. The first kappa shape index (κ1) is 30.1. The van der Waals surface area contributed by atoms with Crippen molar-refractivity contribution in [2.24, 2.45) is 0 Å². The number of hydrogen-bond acceptors (Lipinski definition) is 6. The first-order chi connectivity index (χ1) is 20.7. The molecule has 0 fully saturated rings. The lowest BCUT2D eigenvalue weighted by atomic mass is 10.0. The van der Waals surface area contributed by atoms with E-state index in [2.05, 4.69) is 15.9 Å². The Balaban J connectivity index is 1.46. The molecule has 0 spiro atoms. The van der Waals surface area contributed by atoms with E-state index < -0.39 is 12.6 Å². The fraction of sp³-hybridized carbons (Fsp3) is 0.226. The van der Waals surface area contributed by atoms with Crippen LogP contribution in [0.1, 0.15) is 38.5 Å². The van der Waals surface area contributed by atoms with Crippen molar-refractivity contribution in [1.29, 1.82) is 0 Å². The summed E-state index contributed by atoms with van der Waals surface area (Å²) in [5.41, 5.74) is 2.08. The minimum atomic E-state index is -1.07. The van der Waals surface area contributed by atoms with Crippen LogP contribution in [-0.4, -0.2) is 57.1 Å². The molecule has 0 saturated carbocycles. The number of aliphatic carboxylic acids is 1. The molecule has 0 aliphatic carbocycles. The maximum absolute atomic E-state index is 13.9. The molecule has 2 heterocycles. The summed E-state index contributed by atoms with van der Waals surface area (Å²) < 4.78 is 14.1. The van der Waals surface area contributed by atoms with E-state index in [1.807, 2.05) is 0 Å². The van der Waals surface area contributed by atoms with E-state index in [0.717, 1.165) is 5.56 Å². The zero-order chi connectivity index (χ0) is 30.7. The van der Waals surface area contributed by atoms with Gasteiger partial charge in [-0.2, -0.15) is 0 Å². The third kappa shape index (κ3) is 6.52. The number of carbonyl (C=O) groups is 3. The van der Waals surface area contributed by atoms with Gasteiger partial charge in [-0.1, -0.05) is 23.7 Å². The van der Waals surface area contributed by atoms with Gasteiger partial charge in [-0.3, -0.25) is 18.7 Å². The standard InChI is InChI=1S/C31H27BrClN3O7/c1-42-22-10-6-21(7-11-22)36-29(27(37)13-4-19-2-8-23(9-3-19)43-18-28(38)39)26-17-34(14-15-35(26)31(36)41)30(40)20-5-12-24(32)25(33)16-20/h2-3,5-12,16H,4,13-15,17-18H2,1H3,(H,38,39). The number of aromatic nitrogens is 2. The van der Waals surface area contributed by atoms with Crippen LogP contribution >= 0.6 is 27.5 Å². The molecule has 1 aromatic heterocycles. The van der Waals surface area contributed by atoms with Crippen LogP contribution in [-0.2, 0) is 24.3 Å². The molecule has 12 heteroatoms. The Labute approximate surface area is 260 Å². The Hall–Kier alpha value is -4.35. The van der Waals surface area contributed by atoms with Crippen LogP contribution in [0.25, 0.3) is 5.69 Å². The number of hydrogen-bond donors (Lipinski definition) is 1. The highest BCUT2D eigenvalue weighted by Gasteiger charge is 2.32. The smallest absolute Gasteiger partial charge is 0.341 e. The van der Waals surface area contributed by atoms with Crippen molar-refractivity contribution < 1.29 is 29.0 Å². The molecule has 5 rings (SSSR count). The number of benzene rings is 3. The molecule has 43 heavy (non-hydrogen) atoms. The molecule has 222 valence electrons. The average molecular weight is 669 g/mol. The van der Waals surface area contributed by atoms with Crippen LogP contribution in [0.5, 0.6) is 11.5 Å². The van der Waals surface area contributed by atoms with Gasteiger partial charge in [0.2, 0.25) is 0 Å². The predicted molar refractivity (Wildman–Crippen MR) is 163 cm³/mol. The summed E-state index contributed by atoms with van der Waals surface area (Å²) in [5, 5.41) is 9.21. The molecule has 1 aliphatic rings. The molecular weight excluding hydrogens is 642 g/mol. The summed E-state index contributed by atoms with van der Waals surface area (Å²) in [6.45, 7) is 0.137. The lowest BCUT2D eigenvalue weighted by Crippen LogP contribution is -2.41. The number of fused-ring (bicyclic) bond motifs is 1. The van der Waals surface area contributed by atoms with Gasteiger partial charge < -0.3 is 19.5 Å². The molecular formula is C31H27BrClN3O7. The number of carboxylic acids is 1. The van der Waals surface area contributed by atoms with Gasteiger partial charge in [-0.25, -0.2) is 9.59 Å². The van der Waals surface area contributed by atoms with Gasteiger partial charge in [0, 0.05) is 29.5 Å². The molecule has 3 aromatic carbocycles. The van der Waals surface area contributed by atoms with Crippen LogP contribution in [0.15, 0.2) is 76.0 Å². The molecule has 0 atom stereocenters. The van der Waals surface area contributed by atoms with E-state index in [1.54, 1.807) is 83.3 Å². The first-order valence-electron chi connectivity index (χ1n) is 13.4. The van der Waals surface area contributed by atoms with Crippen molar-refractivity contribution >= 4 is 45.2 Å². The highest BCUT2D eigenvalue weighted by atomic mass is 79.9. The molecule has 1 amide bonds. The zero-order valence-electron chi connectivity index (χ0n) is 23.1. The third-order valence-electron chi connectivity index (χ3n) is 7.15. The maximum atomic E-state index is 13.9. The second-order valence-corrected chi connectivity index (χ2v) is 11.1. The van der Waals surface area contributed by atoms with Crippen molar-refractivity contribution in [3.05, 3.63) is 109 Å². The number of aryl methyl sites for hydroxylation is 1. The molecule has 1 N–H and O–H groups in total. The second kappa shape index (κ2) is 12.9. The predicted octanol–water partition coefficient (Wildman–Crippen LogP) is 5.00. The number of rotatable bonds is 10. The number of carbonyl (C=O) groups excluding carboxylic acids is 2. The van der Waals surface area contributed by atoms with Crippen molar-refractivity contribution in [2.45, 2.75) is 25.9 Å². The van der Waals surface area contributed by atoms with Crippen molar-refractivity contribution in [3.8, 4) is 17.2 Å². The van der Waals surface area contributed by atoms with Crippen LogP contribution in [0.4, 0.5) is 0 Å². The van der Waals surface area contributed by atoms with Gasteiger partial charge in [0.1, 0.15) is 17.2 Å². The summed E-state index contributed by atoms with van der Waals surface area (Å²) in [4.78, 5) is 53.4. The Morgan fingerprint density at radius 1 is 0.977 bits per heavy atom. The number of ketones is 1. The van der Waals surface area contributed by atoms with E-state index in [1.165, 1.54) is 4.57 Å². The number of ether oxygens (including phenoxy) is 2. The van der Waals surface area contributed by atoms with Crippen LogP contribution in [0.2, 0.25) is 5.02 Å². The van der Waals surface area contributed by atoms with Gasteiger partial charge >= 0.3 is 11.7 Å². The van der Waals surface area contributed by atoms with Crippen LogP contribution in [0.3, 0.4) is 0 Å². The van der Waals surface area contributed by atoms with E-state index in [4.69, 9.17) is 26.2 Å². The summed E-state index contributed by atoms with van der Waals surface area (Å²) in [5.74, 6) is -0.573. The van der Waals surface area contributed by atoms with Crippen molar-refractivity contribution in [3.63, 3.8) is 0 Å². The zero-order valence-corrected chi connectivity index (χ0v) is 25.4. The molecule has 0 bridgehead atoms.